The number of aryl methyl sites for hydroxylation is 2. The van der Waals surface area contributed by atoms with Gasteiger partial charge in [0.1, 0.15) is 0 Å². The van der Waals surface area contributed by atoms with E-state index in [2.05, 4.69) is 29.2 Å². The van der Waals surface area contributed by atoms with Gasteiger partial charge in [-0.25, -0.2) is 0 Å². The average molecular weight is 201 g/mol. The van der Waals surface area contributed by atoms with Crippen molar-refractivity contribution in [2.45, 2.75) is 19.8 Å². The van der Waals surface area contributed by atoms with E-state index in [-0.39, 0.29) is 6.61 Å². The van der Waals surface area contributed by atoms with E-state index in [0.717, 1.165) is 24.1 Å². The predicted molar refractivity (Wildman–Crippen MR) is 61.9 cm³/mol. The summed E-state index contributed by atoms with van der Waals surface area (Å²) in [7, 11) is 0. The van der Waals surface area contributed by atoms with Gasteiger partial charge in [-0.15, -0.1) is 0 Å². The third-order valence-electron chi connectivity index (χ3n) is 2.52. The van der Waals surface area contributed by atoms with Gasteiger partial charge in [0.05, 0.1) is 5.52 Å². The summed E-state index contributed by atoms with van der Waals surface area (Å²) in [6.07, 6.45) is 1.76. The number of pyridine rings is 1. The van der Waals surface area contributed by atoms with E-state index in [4.69, 9.17) is 5.11 Å². The third kappa shape index (κ3) is 2.34. The van der Waals surface area contributed by atoms with Crippen LogP contribution in [-0.4, -0.2) is 16.7 Å². The van der Waals surface area contributed by atoms with Crippen LogP contribution in [0.5, 0.6) is 0 Å². The second kappa shape index (κ2) is 4.41. The summed E-state index contributed by atoms with van der Waals surface area (Å²) >= 11 is 0. The van der Waals surface area contributed by atoms with Crippen LogP contribution in [0.15, 0.2) is 30.3 Å². The summed E-state index contributed by atoms with van der Waals surface area (Å²) in [5.74, 6) is 0. The van der Waals surface area contributed by atoms with Crippen molar-refractivity contribution in [3.05, 3.63) is 41.6 Å². The average Bonchev–Trinajstić information content (AvgIpc) is 2.26. The second-order valence-electron chi connectivity index (χ2n) is 3.81. The lowest BCUT2D eigenvalue weighted by atomic mass is 10.1. The van der Waals surface area contributed by atoms with Crippen molar-refractivity contribution in [3.8, 4) is 0 Å². The quantitative estimate of drug-likeness (QED) is 0.827. The zero-order chi connectivity index (χ0) is 10.7. The van der Waals surface area contributed by atoms with Crippen molar-refractivity contribution in [2.24, 2.45) is 0 Å². The van der Waals surface area contributed by atoms with Crippen LogP contribution in [-0.2, 0) is 6.42 Å². The topological polar surface area (TPSA) is 33.1 Å². The number of aromatic nitrogens is 1. The molecule has 0 atom stereocenters. The van der Waals surface area contributed by atoms with Gasteiger partial charge >= 0.3 is 0 Å². The Bertz CT molecular complexity index is 465. The number of benzene rings is 1. The molecule has 0 radical (unpaired) electrons. The summed E-state index contributed by atoms with van der Waals surface area (Å²) in [5.41, 5.74) is 3.36. The number of aliphatic hydroxyl groups is 1. The molecular weight excluding hydrogens is 186 g/mol. The van der Waals surface area contributed by atoms with E-state index >= 15 is 0 Å². The molecule has 0 spiro atoms. The molecule has 1 N–H and O–H groups in total. The molecule has 2 heteroatoms. The fourth-order valence-electron chi connectivity index (χ4n) is 1.72. The summed E-state index contributed by atoms with van der Waals surface area (Å²) in [6.45, 7) is 2.25. The summed E-state index contributed by atoms with van der Waals surface area (Å²) in [5, 5.41) is 9.94. The molecule has 2 nitrogen and oxygen atoms in total. The van der Waals surface area contributed by atoms with Crippen molar-refractivity contribution < 1.29 is 5.11 Å². The van der Waals surface area contributed by atoms with Gasteiger partial charge in [0.15, 0.2) is 0 Å². The zero-order valence-electron chi connectivity index (χ0n) is 8.90. The maximum absolute atomic E-state index is 8.76. The highest BCUT2D eigenvalue weighted by atomic mass is 16.2. The standard InChI is InChI=1S/C13H15NO/c1-10-4-6-12-9-11(3-2-8-15)5-7-13(12)14-10/h4-7,9,15H,2-3,8H2,1H3. The first-order chi connectivity index (χ1) is 7.29. The molecule has 0 aliphatic heterocycles. The largest absolute Gasteiger partial charge is 0.396 e. The van der Waals surface area contributed by atoms with Crippen molar-refractivity contribution in [1.29, 1.82) is 0 Å². The first kappa shape index (κ1) is 10.1. The minimum atomic E-state index is 0.254. The highest BCUT2D eigenvalue weighted by Gasteiger charge is 1.98. The van der Waals surface area contributed by atoms with Crippen molar-refractivity contribution in [3.63, 3.8) is 0 Å². The fourth-order valence-corrected chi connectivity index (χ4v) is 1.72. The van der Waals surface area contributed by atoms with E-state index in [1.165, 1.54) is 10.9 Å². The van der Waals surface area contributed by atoms with Crippen LogP contribution in [0.4, 0.5) is 0 Å². The van der Waals surface area contributed by atoms with Crippen LogP contribution in [0, 0.1) is 6.92 Å². The van der Waals surface area contributed by atoms with Gasteiger partial charge in [0, 0.05) is 17.7 Å². The molecule has 0 unspecified atom stereocenters. The minimum absolute atomic E-state index is 0.254. The van der Waals surface area contributed by atoms with Crippen LogP contribution in [0.3, 0.4) is 0 Å². The van der Waals surface area contributed by atoms with Gasteiger partial charge in [0.2, 0.25) is 0 Å². The molecule has 0 amide bonds. The number of fused-ring (bicyclic) bond motifs is 1. The Morgan fingerprint density at radius 2 is 2.07 bits per heavy atom. The maximum Gasteiger partial charge on any atom is 0.0705 e. The van der Waals surface area contributed by atoms with Crippen LogP contribution in [0.1, 0.15) is 17.7 Å². The van der Waals surface area contributed by atoms with Gasteiger partial charge in [-0.05, 0) is 43.5 Å². The molecule has 2 rings (SSSR count). The number of rotatable bonds is 3. The molecule has 0 saturated carbocycles. The van der Waals surface area contributed by atoms with Crippen molar-refractivity contribution >= 4 is 10.9 Å². The van der Waals surface area contributed by atoms with Crippen LogP contribution >= 0.6 is 0 Å². The molecule has 0 aliphatic carbocycles. The zero-order valence-corrected chi connectivity index (χ0v) is 8.90. The molecule has 1 aromatic carbocycles. The fraction of sp³-hybridized carbons (Fsp3) is 0.308. The lowest BCUT2D eigenvalue weighted by Gasteiger charge is -2.03. The summed E-state index contributed by atoms with van der Waals surface area (Å²) in [6, 6.07) is 10.4. The first-order valence-corrected chi connectivity index (χ1v) is 5.27. The number of nitrogens with zero attached hydrogens (tertiary/aromatic N) is 1. The molecule has 78 valence electrons. The predicted octanol–water partition coefficient (Wildman–Crippen LogP) is 2.47. The third-order valence-corrected chi connectivity index (χ3v) is 2.52. The Labute approximate surface area is 89.6 Å². The number of hydrogen-bond acceptors (Lipinski definition) is 2. The first-order valence-electron chi connectivity index (χ1n) is 5.27. The molecule has 0 aliphatic rings. The highest BCUT2D eigenvalue weighted by Crippen LogP contribution is 2.15. The van der Waals surface area contributed by atoms with Gasteiger partial charge in [-0.1, -0.05) is 12.1 Å². The van der Waals surface area contributed by atoms with Crippen LogP contribution < -0.4 is 0 Å². The lowest BCUT2D eigenvalue weighted by molar-refractivity contribution is 0.288. The SMILES string of the molecule is Cc1ccc2cc(CCCO)ccc2n1. The minimum Gasteiger partial charge on any atom is -0.396 e. The molecule has 15 heavy (non-hydrogen) atoms. The van der Waals surface area contributed by atoms with Gasteiger partial charge in [0.25, 0.3) is 0 Å². The Morgan fingerprint density at radius 3 is 2.87 bits per heavy atom. The second-order valence-corrected chi connectivity index (χ2v) is 3.81. The van der Waals surface area contributed by atoms with E-state index in [1.807, 2.05) is 13.0 Å². The van der Waals surface area contributed by atoms with E-state index in [1.54, 1.807) is 0 Å². The summed E-state index contributed by atoms with van der Waals surface area (Å²) < 4.78 is 0. The number of aliphatic hydroxyl groups excluding tert-OH is 1. The van der Waals surface area contributed by atoms with Gasteiger partial charge < -0.3 is 5.11 Å². The van der Waals surface area contributed by atoms with Crippen molar-refractivity contribution in [1.82, 2.24) is 4.98 Å². The molecule has 0 saturated heterocycles. The van der Waals surface area contributed by atoms with Gasteiger partial charge in [-0.3, -0.25) is 4.98 Å². The van der Waals surface area contributed by atoms with E-state index < -0.39 is 0 Å². The Kier molecular flexibility index (Phi) is 2.97. The van der Waals surface area contributed by atoms with Crippen molar-refractivity contribution in [2.75, 3.05) is 6.61 Å². The smallest absolute Gasteiger partial charge is 0.0705 e. The Hall–Kier alpha value is -1.41. The van der Waals surface area contributed by atoms with Crippen LogP contribution in [0.25, 0.3) is 10.9 Å². The molecule has 1 aromatic heterocycles. The highest BCUT2D eigenvalue weighted by molar-refractivity contribution is 5.79. The van der Waals surface area contributed by atoms with E-state index in [9.17, 15) is 0 Å². The summed E-state index contributed by atoms with van der Waals surface area (Å²) in [4.78, 5) is 4.45. The number of hydrogen-bond donors (Lipinski definition) is 1. The maximum atomic E-state index is 8.76. The van der Waals surface area contributed by atoms with E-state index in [0.29, 0.717) is 0 Å². The molecule has 0 fully saturated rings. The van der Waals surface area contributed by atoms with Crippen LogP contribution in [0.2, 0.25) is 0 Å². The Morgan fingerprint density at radius 1 is 1.20 bits per heavy atom. The molecule has 0 bridgehead atoms. The monoisotopic (exact) mass is 201 g/mol. The lowest BCUT2D eigenvalue weighted by Crippen LogP contribution is -1.90. The molecular formula is C13H15NO. The molecule has 1 heterocycles. The normalized spacial score (nSPS) is 10.8. The van der Waals surface area contributed by atoms with Gasteiger partial charge in [-0.2, -0.15) is 0 Å². The molecule has 2 aromatic rings. The Balaban J connectivity index is 2.34.